The zero-order valence-electron chi connectivity index (χ0n) is 10.3. The average molecular weight is 254 g/mol. The molecule has 1 heterocycles. The molecule has 2 aliphatic rings. The molecule has 17 heavy (non-hydrogen) atoms. The summed E-state index contributed by atoms with van der Waals surface area (Å²) >= 11 is 6.09. The number of hydrogen-bond donors (Lipinski definition) is 1. The van der Waals surface area contributed by atoms with Crippen molar-refractivity contribution in [3.8, 4) is 0 Å². The molecular weight excluding hydrogens is 234 g/mol. The molecule has 0 amide bonds. The van der Waals surface area contributed by atoms with Gasteiger partial charge in [0.15, 0.2) is 0 Å². The van der Waals surface area contributed by atoms with Crippen molar-refractivity contribution in [1.29, 1.82) is 0 Å². The lowest BCUT2D eigenvalue weighted by Crippen LogP contribution is -2.30. The van der Waals surface area contributed by atoms with Crippen molar-refractivity contribution in [2.75, 3.05) is 0 Å². The lowest BCUT2D eigenvalue weighted by molar-refractivity contribution is 0.367. The fourth-order valence-corrected chi connectivity index (χ4v) is 2.76. The van der Waals surface area contributed by atoms with Crippen molar-refractivity contribution in [2.24, 2.45) is 16.8 Å². The highest BCUT2D eigenvalue weighted by Crippen LogP contribution is 2.29. The molecule has 0 aromatic rings. The maximum Gasteiger partial charge on any atom is 0.144 e. The van der Waals surface area contributed by atoms with E-state index in [-0.39, 0.29) is 0 Å². The molecule has 0 aromatic heterocycles. The molecule has 0 bridgehead atoms. The summed E-state index contributed by atoms with van der Waals surface area (Å²) in [5.74, 6) is 7.29. The Morgan fingerprint density at radius 2 is 2.18 bits per heavy atom. The number of nitrogens with zero attached hydrogens (tertiary/aromatic N) is 2. The predicted molar refractivity (Wildman–Crippen MR) is 72.3 cm³/mol. The van der Waals surface area contributed by atoms with Gasteiger partial charge >= 0.3 is 0 Å². The fourth-order valence-electron chi connectivity index (χ4n) is 2.54. The first kappa shape index (κ1) is 12.7. The number of rotatable bonds is 2. The number of nitrogens with two attached hydrogens (primary N) is 1. The van der Waals surface area contributed by atoms with Crippen molar-refractivity contribution >= 4 is 17.3 Å². The molecule has 94 valence electrons. The summed E-state index contributed by atoms with van der Waals surface area (Å²) in [6.45, 7) is 1.92. The quantitative estimate of drug-likeness (QED) is 0.604. The number of allylic oxidation sites excluding steroid dienone is 2. The Morgan fingerprint density at radius 3 is 2.82 bits per heavy atom. The minimum Gasteiger partial charge on any atom is -0.251 e. The zero-order valence-corrected chi connectivity index (χ0v) is 11.1. The molecule has 3 nitrogen and oxygen atoms in total. The molecule has 2 rings (SSSR count). The highest BCUT2D eigenvalue weighted by molar-refractivity contribution is 6.31. The molecule has 0 unspecified atom stereocenters. The van der Waals surface area contributed by atoms with E-state index < -0.39 is 0 Å². The number of aliphatic imine (C=N–C) groups is 1. The summed E-state index contributed by atoms with van der Waals surface area (Å²) < 4.78 is 0. The van der Waals surface area contributed by atoms with Crippen molar-refractivity contribution in [2.45, 2.75) is 45.4 Å². The molecule has 1 saturated carbocycles. The molecule has 2 N–H and O–H groups in total. The van der Waals surface area contributed by atoms with Crippen molar-refractivity contribution in [3.05, 3.63) is 23.1 Å². The van der Waals surface area contributed by atoms with Gasteiger partial charge in [0, 0.05) is 5.71 Å². The summed E-state index contributed by atoms with van der Waals surface area (Å²) in [4.78, 5) is 4.54. The van der Waals surface area contributed by atoms with E-state index in [0.29, 0.717) is 5.16 Å². The second kappa shape index (κ2) is 5.69. The summed E-state index contributed by atoms with van der Waals surface area (Å²) in [6, 6.07) is 0. The van der Waals surface area contributed by atoms with Gasteiger partial charge < -0.3 is 0 Å². The van der Waals surface area contributed by atoms with Crippen LogP contribution in [0.25, 0.3) is 0 Å². The van der Waals surface area contributed by atoms with Gasteiger partial charge in [-0.1, -0.05) is 43.7 Å². The largest absolute Gasteiger partial charge is 0.251 e. The molecule has 0 atom stereocenters. The Bertz CT molecular complexity index is 365. The van der Waals surface area contributed by atoms with Gasteiger partial charge in [0.1, 0.15) is 11.0 Å². The third-order valence-electron chi connectivity index (χ3n) is 3.50. The summed E-state index contributed by atoms with van der Waals surface area (Å²) in [5.41, 5.74) is 1.07. The van der Waals surface area contributed by atoms with Gasteiger partial charge in [-0.2, -0.15) is 0 Å². The molecule has 4 heteroatoms. The second-order valence-corrected chi connectivity index (χ2v) is 5.18. The van der Waals surface area contributed by atoms with Crippen LogP contribution in [-0.4, -0.2) is 10.7 Å². The van der Waals surface area contributed by atoms with E-state index >= 15 is 0 Å². The van der Waals surface area contributed by atoms with Crippen LogP contribution in [0.5, 0.6) is 0 Å². The number of halogens is 1. The van der Waals surface area contributed by atoms with Crippen LogP contribution in [0, 0.1) is 5.92 Å². The highest BCUT2D eigenvalue weighted by atomic mass is 35.5. The fraction of sp³-hybridized carbons (Fsp3) is 0.615. The van der Waals surface area contributed by atoms with E-state index in [9.17, 15) is 0 Å². The van der Waals surface area contributed by atoms with Crippen molar-refractivity contribution in [1.82, 2.24) is 5.01 Å². The smallest absolute Gasteiger partial charge is 0.144 e. The second-order valence-electron chi connectivity index (χ2n) is 4.80. The molecule has 1 aliphatic heterocycles. The third kappa shape index (κ3) is 3.11. The van der Waals surface area contributed by atoms with E-state index in [1.807, 2.05) is 19.1 Å². The van der Waals surface area contributed by atoms with E-state index in [4.69, 9.17) is 17.4 Å². The SMILES string of the molecule is C/C=C1/N=C(CC2CCCCC2)C=C(Cl)N1N. The van der Waals surface area contributed by atoms with Crippen LogP contribution in [-0.2, 0) is 0 Å². The lowest BCUT2D eigenvalue weighted by Gasteiger charge is -2.26. The maximum absolute atomic E-state index is 6.09. The molecule has 0 radical (unpaired) electrons. The van der Waals surface area contributed by atoms with Crippen LogP contribution in [0.3, 0.4) is 0 Å². The van der Waals surface area contributed by atoms with Gasteiger partial charge in [-0.3, -0.25) is 5.01 Å². The van der Waals surface area contributed by atoms with Gasteiger partial charge in [-0.05, 0) is 31.4 Å². The Kier molecular flexibility index (Phi) is 4.24. The van der Waals surface area contributed by atoms with Crippen LogP contribution < -0.4 is 5.84 Å². The highest BCUT2D eigenvalue weighted by Gasteiger charge is 2.19. The van der Waals surface area contributed by atoms with Crippen LogP contribution in [0.4, 0.5) is 0 Å². The first-order valence-electron chi connectivity index (χ1n) is 6.36. The van der Waals surface area contributed by atoms with Crippen molar-refractivity contribution in [3.63, 3.8) is 0 Å². The van der Waals surface area contributed by atoms with Crippen LogP contribution in [0.2, 0.25) is 0 Å². The average Bonchev–Trinajstić information content (AvgIpc) is 2.35. The molecule has 1 aliphatic carbocycles. The molecule has 0 spiro atoms. The van der Waals surface area contributed by atoms with Gasteiger partial charge in [0.05, 0.1) is 0 Å². The predicted octanol–water partition coefficient (Wildman–Crippen LogP) is 3.53. The number of hydrazine groups is 1. The van der Waals surface area contributed by atoms with E-state index in [1.54, 1.807) is 0 Å². The minimum absolute atomic E-state index is 0.555. The van der Waals surface area contributed by atoms with Crippen LogP contribution in [0.1, 0.15) is 45.4 Å². The normalized spacial score (nSPS) is 24.9. The maximum atomic E-state index is 6.09. The Morgan fingerprint density at radius 1 is 1.47 bits per heavy atom. The van der Waals surface area contributed by atoms with E-state index in [2.05, 4.69) is 4.99 Å². The Balaban J connectivity index is 2.05. The Hall–Kier alpha value is -0.800. The minimum atomic E-state index is 0.555. The first-order chi connectivity index (χ1) is 8.20. The molecule has 0 aromatic carbocycles. The van der Waals surface area contributed by atoms with Gasteiger partial charge in [0.2, 0.25) is 0 Å². The van der Waals surface area contributed by atoms with Gasteiger partial charge in [-0.25, -0.2) is 10.8 Å². The molecule has 0 saturated heterocycles. The topological polar surface area (TPSA) is 41.6 Å². The van der Waals surface area contributed by atoms with Gasteiger partial charge in [0.25, 0.3) is 0 Å². The lowest BCUT2D eigenvalue weighted by atomic mass is 9.85. The third-order valence-corrected chi connectivity index (χ3v) is 3.79. The standard InChI is InChI=1S/C13H20ClN3/c1-2-13-16-11(9-12(14)17(13)15)8-10-6-4-3-5-7-10/h2,9-10H,3-8,15H2,1H3/b13-2-. The summed E-state index contributed by atoms with van der Waals surface area (Å²) in [6.07, 6.45) is 11.5. The molecule has 1 fully saturated rings. The Labute approximate surface area is 108 Å². The number of hydrogen-bond acceptors (Lipinski definition) is 3. The first-order valence-corrected chi connectivity index (χ1v) is 6.74. The van der Waals surface area contributed by atoms with Crippen LogP contribution in [0.15, 0.2) is 28.1 Å². The monoisotopic (exact) mass is 253 g/mol. The van der Waals surface area contributed by atoms with Gasteiger partial charge in [-0.15, -0.1) is 0 Å². The van der Waals surface area contributed by atoms with Crippen molar-refractivity contribution < 1.29 is 0 Å². The zero-order chi connectivity index (χ0) is 12.3. The summed E-state index contributed by atoms with van der Waals surface area (Å²) in [7, 11) is 0. The summed E-state index contributed by atoms with van der Waals surface area (Å²) in [5, 5.41) is 1.98. The van der Waals surface area contributed by atoms with Crippen LogP contribution >= 0.6 is 11.6 Å². The molecular formula is C13H20ClN3. The van der Waals surface area contributed by atoms with E-state index in [1.165, 1.54) is 37.1 Å². The van der Waals surface area contributed by atoms with E-state index in [0.717, 1.165) is 23.9 Å².